The first-order chi connectivity index (χ1) is 15.3. The molecule has 0 fully saturated rings. The third-order valence-corrected chi connectivity index (χ3v) is 4.94. The van der Waals surface area contributed by atoms with Gasteiger partial charge in [-0.15, -0.1) is 10.2 Å². The average Bonchev–Trinajstić information content (AvgIpc) is 3.35. The molecular formula is C19H22N8O5. The van der Waals surface area contributed by atoms with Crippen LogP contribution < -0.4 is 0 Å². The lowest BCUT2D eigenvalue weighted by Crippen LogP contribution is -2.32. The first kappa shape index (κ1) is 22.5. The molecule has 1 aliphatic rings. The third kappa shape index (κ3) is 5.11. The largest absolute Gasteiger partial charge is 0.473 e. The Morgan fingerprint density at radius 2 is 1.81 bits per heavy atom. The van der Waals surface area contributed by atoms with Gasteiger partial charge >= 0.3 is 11.9 Å². The number of fused-ring (bicyclic) bond motifs is 1. The Bertz CT molecular complexity index is 1110. The van der Waals surface area contributed by atoms with Crippen molar-refractivity contribution in [1.29, 1.82) is 0 Å². The predicted molar refractivity (Wildman–Crippen MR) is 107 cm³/mol. The maximum absolute atomic E-state index is 13.0. The maximum Gasteiger partial charge on any atom is 0.414 e. The summed E-state index contributed by atoms with van der Waals surface area (Å²) in [7, 11) is 0. The molecule has 0 aliphatic carbocycles. The number of carboxylic acid groups (broad SMARTS) is 2. The Morgan fingerprint density at radius 1 is 1.06 bits per heavy atom. The summed E-state index contributed by atoms with van der Waals surface area (Å²) in [5, 5.41) is 23.4. The molecule has 3 aromatic rings. The number of hydrogen-bond donors (Lipinski definition) is 2. The van der Waals surface area contributed by atoms with Crippen molar-refractivity contribution in [1.82, 2.24) is 39.2 Å². The molecule has 0 radical (unpaired) electrons. The number of carboxylic acids is 2. The zero-order chi connectivity index (χ0) is 23.3. The van der Waals surface area contributed by atoms with Crippen molar-refractivity contribution in [2.24, 2.45) is 0 Å². The van der Waals surface area contributed by atoms with Crippen LogP contribution in [0.5, 0.6) is 0 Å². The zero-order valence-electron chi connectivity index (χ0n) is 17.5. The van der Waals surface area contributed by atoms with Crippen LogP contribution in [0.1, 0.15) is 39.8 Å². The highest BCUT2D eigenvalue weighted by Gasteiger charge is 2.25. The number of amides is 1. The predicted octanol–water partition coefficient (Wildman–Crippen LogP) is 0.131. The molecule has 4 heterocycles. The molecular weight excluding hydrogens is 420 g/mol. The minimum absolute atomic E-state index is 0.0828. The molecule has 0 aromatic carbocycles. The molecule has 13 nitrogen and oxygen atoms in total. The first-order valence-corrected chi connectivity index (χ1v) is 9.68. The van der Waals surface area contributed by atoms with Gasteiger partial charge in [0, 0.05) is 36.7 Å². The van der Waals surface area contributed by atoms with Gasteiger partial charge in [-0.25, -0.2) is 24.5 Å². The van der Waals surface area contributed by atoms with Gasteiger partial charge in [-0.3, -0.25) is 4.79 Å². The highest BCUT2D eigenvalue weighted by Crippen LogP contribution is 2.17. The number of aryl methyl sites for hydroxylation is 1. The molecule has 1 aliphatic heterocycles. The lowest BCUT2D eigenvalue weighted by molar-refractivity contribution is -0.159. The standard InChI is InChI=1S/C17H20N8O.C2H2O4/c1-12-13(2)19-10-20-16(12)17(26)24-5-3-6-25-14(21-22-15(25)9-24)8-23-7-4-18-11-23;3-1(4)2(5)6/h4,7,10-11H,3,5-6,8-9H2,1-2H3;(H,3,4)(H,5,6). The Morgan fingerprint density at radius 3 is 2.47 bits per heavy atom. The maximum atomic E-state index is 13.0. The molecule has 0 saturated heterocycles. The summed E-state index contributed by atoms with van der Waals surface area (Å²) in [6.07, 6.45) is 7.69. The van der Waals surface area contributed by atoms with Gasteiger partial charge < -0.3 is 24.2 Å². The van der Waals surface area contributed by atoms with E-state index in [1.807, 2.05) is 24.6 Å². The molecule has 0 spiro atoms. The van der Waals surface area contributed by atoms with Crippen LogP contribution in [-0.4, -0.2) is 73.8 Å². The normalized spacial score (nSPS) is 12.9. The number of nitrogens with zero attached hydrogens (tertiary/aromatic N) is 8. The van der Waals surface area contributed by atoms with E-state index in [9.17, 15) is 4.79 Å². The number of imidazole rings is 1. The van der Waals surface area contributed by atoms with Gasteiger partial charge in [0.05, 0.1) is 19.4 Å². The molecule has 168 valence electrons. The van der Waals surface area contributed by atoms with Crippen LogP contribution >= 0.6 is 0 Å². The molecule has 2 N–H and O–H groups in total. The summed E-state index contributed by atoms with van der Waals surface area (Å²) in [5.74, 6) is -2.05. The summed E-state index contributed by atoms with van der Waals surface area (Å²) < 4.78 is 4.06. The second-order valence-corrected chi connectivity index (χ2v) is 7.04. The summed E-state index contributed by atoms with van der Waals surface area (Å²) >= 11 is 0. The fourth-order valence-corrected chi connectivity index (χ4v) is 3.15. The molecule has 0 saturated carbocycles. The van der Waals surface area contributed by atoms with E-state index in [2.05, 4.69) is 29.7 Å². The second kappa shape index (κ2) is 9.76. The number of carbonyl (C=O) groups is 3. The number of hydrogen-bond acceptors (Lipinski definition) is 8. The fraction of sp³-hybridized carbons (Fsp3) is 0.368. The van der Waals surface area contributed by atoms with Crippen molar-refractivity contribution in [3.8, 4) is 0 Å². The van der Waals surface area contributed by atoms with Crippen molar-refractivity contribution < 1.29 is 24.6 Å². The van der Waals surface area contributed by atoms with Crippen molar-refractivity contribution in [2.45, 2.75) is 39.9 Å². The van der Waals surface area contributed by atoms with Crippen LogP contribution in [0.3, 0.4) is 0 Å². The highest BCUT2D eigenvalue weighted by molar-refractivity contribution is 6.27. The SMILES string of the molecule is Cc1ncnc(C(=O)N2CCCn3c(nnc3Cn3ccnc3)C2)c1C.O=C(O)C(=O)O. The number of aromatic nitrogens is 7. The van der Waals surface area contributed by atoms with Crippen LogP contribution in [0.25, 0.3) is 0 Å². The summed E-state index contributed by atoms with van der Waals surface area (Å²) in [6, 6.07) is 0. The number of aliphatic carboxylic acids is 2. The Labute approximate surface area is 182 Å². The van der Waals surface area contributed by atoms with E-state index < -0.39 is 11.9 Å². The van der Waals surface area contributed by atoms with Gasteiger partial charge in [0.25, 0.3) is 5.91 Å². The Kier molecular flexibility index (Phi) is 6.87. The van der Waals surface area contributed by atoms with Gasteiger partial charge in [-0.1, -0.05) is 0 Å². The van der Waals surface area contributed by atoms with E-state index in [4.69, 9.17) is 19.8 Å². The molecule has 13 heteroatoms. The van der Waals surface area contributed by atoms with Crippen LogP contribution in [0, 0.1) is 13.8 Å². The molecule has 0 atom stereocenters. The fourth-order valence-electron chi connectivity index (χ4n) is 3.15. The number of rotatable bonds is 3. The van der Waals surface area contributed by atoms with Gasteiger partial charge in [0.1, 0.15) is 12.0 Å². The van der Waals surface area contributed by atoms with Gasteiger partial charge in [0.15, 0.2) is 11.6 Å². The summed E-state index contributed by atoms with van der Waals surface area (Å²) in [5.41, 5.74) is 2.11. The van der Waals surface area contributed by atoms with Crippen LogP contribution in [0.2, 0.25) is 0 Å². The number of carbonyl (C=O) groups excluding carboxylic acids is 1. The molecule has 3 aromatic heterocycles. The van der Waals surface area contributed by atoms with Gasteiger partial charge in [-0.05, 0) is 20.3 Å². The Balaban J connectivity index is 0.000000427. The second-order valence-electron chi connectivity index (χ2n) is 7.04. The minimum atomic E-state index is -1.82. The van der Waals surface area contributed by atoms with E-state index in [0.29, 0.717) is 25.3 Å². The smallest absolute Gasteiger partial charge is 0.414 e. The Hall–Kier alpha value is -4.16. The van der Waals surface area contributed by atoms with Crippen LogP contribution in [0.4, 0.5) is 0 Å². The topological polar surface area (TPSA) is 169 Å². The van der Waals surface area contributed by atoms with Crippen LogP contribution in [0.15, 0.2) is 25.0 Å². The lowest BCUT2D eigenvalue weighted by Gasteiger charge is -2.20. The van der Waals surface area contributed by atoms with Crippen molar-refractivity contribution in [3.05, 3.63) is 53.6 Å². The molecule has 32 heavy (non-hydrogen) atoms. The monoisotopic (exact) mass is 442 g/mol. The van der Waals surface area contributed by atoms with Crippen molar-refractivity contribution >= 4 is 17.8 Å². The van der Waals surface area contributed by atoms with Crippen LogP contribution in [-0.2, 0) is 29.2 Å². The highest BCUT2D eigenvalue weighted by atomic mass is 16.4. The average molecular weight is 442 g/mol. The van der Waals surface area contributed by atoms with E-state index in [1.54, 1.807) is 17.4 Å². The first-order valence-electron chi connectivity index (χ1n) is 9.68. The summed E-state index contributed by atoms with van der Waals surface area (Å²) in [4.78, 5) is 45.4. The van der Waals surface area contributed by atoms with Gasteiger partial charge in [-0.2, -0.15) is 0 Å². The molecule has 1 amide bonds. The van der Waals surface area contributed by atoms with E-state index >= 15 is 0 Å². The minimum Gasteiger partial charge on any atom is -0.473 e. The van der Waals surface area contributed by atoms with E-state index in [-0.39, 0.29) is 5.91 Å². The van der Waals surface area contributed by atoms with Gasteiger partial charge in [0.2, 0.25) is 0 Å². The zero-order valence-corrected chi connectivity index (χ0v) is 17.5. The quantitative estimate of drug-likeness (QED) is 0.532. The van der Waals surface area contributed by atoms with E-state index in [0.717, 1.165) is 35.9 Å². The summed E-state index contributed by atoms with van der Waals surface area (Å²) in [6.45, 7) is 6.26. The third-order valence-electron chi connectivity index (χ3n) is 4.94. The van der Waals surface area contributed by atoms with Crippen molar-refractivity contribution in [3.63, 3.8) is 0 Å². The molecule has 0 unspecified atom stereocenters. The lowest BCUT2D eigenvalue weighted by atomic mass is 10.1. The van der Waals surface area contributed by atoms with Crippen molar-refractivity contribution in [2.75, 3.05) is 6.54 Å². The molecule has 0 bridgehead atoms. The van der Waals surface area contributed by atoms with E-state index in [1.165, 1.54) is 6.33 Å². The molecule has 4 rings (SSSR count).